The summed E-state index contributed by atoms with van der Waals surface area (Å²) in [6.45, 7) is 1.58. The molecule has 0 saturated heterocycles. The summed E-state index contributed by atoms with van der Waals surface area (Å²) in [5, 5.41) is 31.2. The van der Waals surface area contributed by atoms with Gasteiger partial charge in [-0.15, -0.1) is 0 Å². The summed E-state index contributed by atoms with van der Waals surface area (Å²) in [5.74, 6) is -1.15. The fourth-order valence-electron chi connectivity index (χ4n) is 1.43. The standard InChI is InChI=1S/C11H14N2O5/c1-7(14)10(11(15)16)12-6-8-2-4-9(5-3-8)13(17)18/h2-5,7,10,12,14H,6H2,1H3,(H,15,16). The summed E-state index contributed by atoms with van der Waals surface area (Å²) >= 11 is 0. The van der Waals surface area contributed by atoms with Gasteiger partial charge in [-0.05, 0) is 12.5 Å². The Balaban J connectivity index is 2.62. The number of aliphatic carboxylic acids is 1. The minimum atomic E-state index is -1.15. The number of rotatable bonds is 6. The van der Waals surface area contributed by atoms with Crippen molar-refractivity contribution in [3.63, 3.8) is 0 Å². The van der Waals surface area contributed by atoms with Gasteiger partial charge in [0.25, 0.3) is 5.69 Å². The number of nitro benzene ring substituents is 1. The molecule has 2 atom stereocenters. The second-order valence-corrected chi connectivity index (χ2v) is 3.86. The van der Waals surface area contributed by atoms with Crippen molar-refractivity contribution < 1.29 is 19.9 Å². The minimum Gasteiger partial charge on any atom is -0.480 e. The van der Waals surface area contributed by atoms with Crippen molar-refractivity contribution in [3.05, 3.63) is 39.9 Å². The Labute approximate surface area is 103 Å². The highest BCUT2D eigenvalue weighted by atomic mass is 16.6. The van der Waals surface area contributed by atoms with Gasteiger partial charge in [-0.2, -0.15) is 0 Å². The van der Waals surface area contributed by atoms with Gasteiger partial charge in [0.1, 0.15) is 6.04 Å². The van der Waals surface area contributed by atoms with E-state index in [1.54, 1.807) is 0 Å². The molecule has 0 aliphatic rings. The Bertz CT molecular complexity index is 430. The number of carboxylic acid groups (broad SMARTS) is 1. The maximum Gasteiger partial charge on any atom is 0.323 e. The lowest BCUT2D eigenvalue weighted by Gasteiger charge is -2.16. The fraction of sp³-hybridized carbons (Fsp3) is 0.364. The second-order valence-electron chi connectivity index (χ2n) is 3.86. The zero-order chi connectivity index (χ0) is 13.7. The van der Waals surface area contributed by atoms with E-state index in [-0.39, 0.29) is 12.2 Å². The molecule has 0 aliphatic heterocycles. The third-order valence-electron chi connectivity index (χ3n) is 2.42. The van der Waals surface area contributed by atoms with Gasteiger partial charge in [0, 0.05) is 18.7 Å². The first-order chi connectivity index (χ1) is 8.41. The van der Waals surface area contributed by atoms with Crippen molar-refractivity contribution in [1.29, 1.82) is 0 Å². The number of nitrogens with zero attached hydrogens (tertiary/aromatic N) is 1. The SMILES string of the molecule is CC(O)C(NCc1ccc([N+](=O)[O-])cc1)C(=O)O. The van der Waals surface area contributed by atoms with Crippen LogP contribution in [-0.2, 0) is 11.3 Å². The quantitative estimate of drug-likeness (QED) is 0.504. The van der Waals surface area contributed by atoms with E-state index in [0.29, 0.717) is 5.56 Å². The third kappa shape index (κ3) is 3.79. The summed E-state index contributed by atoms with van der Waals surface area (Å²) in [7, 11) is 0. The number of hydrogen-bond acceptors (Lipinski definition) is 5. The molecule has 18 heavy (non-hydrogen) atoms. The molecule has 2 unspecified atom stereocenters. The Kier molecular flexibility index (Phi) is 4.75. The van der Waals surface area contributed by atoms with E-state index in [4.69, 9.17) is 5.11 Å². The van der Waals surface area contributed by atoms with E-state index in [9.17, 15) is 20.0 Å². The Morgan fingerprint density at radius 2 is 2.00 bits per heavy atom. The minimum absolute atomic E-state index is 0.0240. The molecule has 1 rings (SSSR count). The van der Waals surface area contributed by atoms with Gasteiger partial charge in [-0.25, -0.2) is 0 Å². The van der Waals surface area contributed by atoms with Crippen molar-refractivity contribution in [3.8, 4) is 0 Å². The van der Waals surface area contributed by atoms with E-state index in [1.165, 1.54) is 31.2 Å². The molecule has 0 spiro atoms. The molecule has 0 aromatic heterocycles. The molecule has 98 valence electrons. The Morgan fingerprint density at radius 3 is 2.39 bits per heavy atom. The lowest BCUT2D eigenvalue weighted by molar-refractivity contribution is -0.384. The van der Waals surface area contributed by atoms with E-state index in [0.717, 1.165) is 0 Å². The van der Waals surface area contributed by atoms with E-state index < -0.39 is 23.0 Å². The molecule has 0 radical (unpaired) electrons. The molecule has 0 saturated carbocycles. The van der Waals surface area contributed by atoms with Gasteiger partial charge in [-0.1, -0.05) is 12.1 Å². The van der Waals surface area contributed by atoms with Crippen LogP contribution in [0.1, 0.15) is 12.5 Å². The molecule has 7 nitrogen and oxygen atoms in total. The first-order valence-electron chi connectivity index (χ1n) is 5.29. The second kappa shape index (κ2) is 6.08. The highest BCUT2D eigenvalue weighted by molar-refractivity contribution is 5.74. The van der Waals surface area contributed by atoms with E-state index in [1.807, 2.05) is 0 Å². The number of nitro groups is 1. The summed E-state index contributed by atoms with van der Waals surface area (Å²) in [6.07, 6.45) is -1.03. The van der Waals surface area contributed by atoms with Gasteiger partial charge in [-0.3, -0.25) is 20.2 Å². The van der Waals surface area contributed by atoms with Crippen LogP contribution in [0.3, 0.4) is 0 Å². The average molecular weight is 254 g/mol. The fourth-order valence-corrected chi connectivity index (χ4v) is 1.43. The smallest absolute Gasteiger partial charge is 0.323 e. The molecule has 3 N–H and O–H groups in total. The number of carboxylic acids is 1. The molecule has 1 aromatic rings. The van der Waals surface area contributed by atoms with Crippen LogP contribution in [0.2, 0.25) is 0 Å². The van der Waals surface area contributed by atoms with Crippen LogP contribution in [0.5, 0.6) is 0 Å². The van der Waals surface area contributed by atoms with Crippen LogP contribution in [-0.4, -0.2) is 33.3 Å². The predicted octanol–water partition coefficient (Wildman–Crippen LogP) is 0.518. The zero-order valence-corrected chi connectivity index (χ0v) is 9.74. The van der Waals surface area contributed by atoms with Crippen molar-refractivity contribution >= 4 is 11.7 Å². The van der Waals surface area contributed by atoms with E-state index >= 15 is 0 Å². The molecule has 0 bridgehead atoms. The number of carbonyl (C=O) groups is 1. The first-order valence-corrected chi connectivity index (χ1v) is 5.29. The highest BCUT2D eigenvalue weighted by Gasteiger charge is 2.21. The largest absolute Gasteiger partial charge is 0.480 e. The molecule has 0 heterocycles. The summed E-state index contributed by atoms with van der Waals surface area (Å²) in [6, 6.07) is 4.68. The van der Waals surface area contributed by atoms with E-state index in [2.05, 4.69) is 5.32 Å². The molecule has 1 aromatic carbocycles. The van der Waals surface area contributed by atoms with Gasteiger partial charge in [0.2, 0.25) is 0 Å². The van der Waals surface area contributed by atoms with Crippen molar-refractivity contribution in [2.75, 3.05) is 0 Å². The number of non-ortho nitro benzene ring substituents is 1. The molecule has 7 heteroatoms. The van der Waals surface area contributed by atoms with Gasteiger partial charge >= 0.3 is 5.97 Å². The van der Waals surface area contributed by atoms with Crippen LogP contribution in [0.4, 0.5) is 5.69 Å². The number of aliphatic hydroxyl groups excluding tert-OH is 1. The topological polar surface area (TPSA) is 113 Å². The molecule has 0 aliphatic carbocycles. The number of benzene rings is 1. The maximum atomic E-state index is 10.8. The van der Waals surface area contributed by atoms with Crippen LogP contribution < -0.4 is 5.32 Å². The predicted molar refractivity (Wildman–Crippen MR) is 63.0 cm³/mol. The molecule has 0 amide bonds. The number of aliphatic hydroxyl groups is 1. The van der Waals surface area contributed by atoms with Crippen LogP contribution in [0, 0.1) is 10.1 Å². The third-order valence-corrected chi connectivity index (χ3v) is 2.42. The Hall–Kier alpha value is -1.99. The normalized spacial score (nSPS) is 13.9. The van der Waals surface area contributed by atoms with Crippen molar-refractivity contribution in [1.82, 2.24) is 5.32 Å². The highest BCUT2D eigenvalue weighted by Crippen LogP contribution is 2.11. The van der Waals surface area contributed by atoms with Gasteiger partial charge in [0.05, 0.1) is 11.0 Å². The lowest BCUT2D eigenvalue weighted by atomic mass is 10.1. The van der Waals surface area contributed by atoms with Gasteiger partial charge in [0.15, 0.2) is 0 Å². The first kappa shape index (κ1) is 14.1. The number of hydrogen-bond donors (Lipinski definition) is 3. The summed E-state index contributed by atoms with van der Waals surface area (Å²) in [4.78, 5) is 20.7. The summed E-state index contributed by atoms with van der Waals surface area (Å²) in [5.41, 5.74) is 0.677. The molecular weight excluding hydrogens is 240 g/mol. The maximum absolute atomic E-state index is 10.8. The number of nitrogens with one attached hydrogen (secondary N) is 1. The van der Waals surface area contributed by atoms with Gasteiger partial charge < -0.3 is 10.2 Å². The molecular formula is C11H14N2O5. The van der Waals surface area contributed by atoms with Crippen LogP contribution in [0.15, 0.2) is 24.3 Å². The van der Waals surface area contributed by atoms with Crippen LogP contribution >= 0.6 is 0 Å². The van der Waals surface area contributed by atoms with Crippen molar-refractivity contribution in [2.45, 2.75) is 25.6 Å². The summed E-state index contributed by atoms with van der Waals surface area (Å²) < 4.78 is 0. The monoisotopic (exact) mass is 254 g/mol. The van der Waals surface area contributed by atoms with Crippen LogP contribution in [0.25, 0.3) is 0 Å². The Morgan fingerprint density at radius 1 is 1.44 bits per heavy atom. The average Bonchev–Trinajstić information content (AvgIpc) is 2.28. The molecule has 0 fully saturated rings. The van der Waals surface area contributed by atoms with Crippen molar-refractivity contribution in [2.24, 2.45) is 0 Å². The lowest BCUT2D eigenvalue weighted by Crippen LogP contribution is -2.44. The zero-order valence-electron chi connectivity index (χ0n) is 9.74.